The average molecular weight is 384 g/mol. The van der Waals surface area contributed by atoms with Gasteiger partial charge in [-0.05, 0) is 43.2 Å². The van der Waals surface area contributed by atoms with Crippen molar-refractivity contribution >= 4 is 24.0 Å². The van der Waals surface area contributed by atoms with Crippen LogP contribution in [0.4, 0.5) is 21.5 Å². The first-order valence-corrected chi connectivity index (χ1v) is 9.33. The third kappa shape index (κ3) is 6.45. The fraction of sp³-hybridized carbons (Fsp3) is 0.444. The number of carbonyl (C=O) groups excluding carboxylic acids is 2. The van der Waals surface area contributed by atoms with Crippen LogP contribution in [0.2, 0.25) is 0 Å². The van der Waals surface area contributed by atoms with Crippen molar-refractivity contribution in [3.05, 3.63) is 36.9 Å². The Kier molecular flexibility index (Phi) is 7.05. The maximum absolute atomic E-state index is 11.9. The van der Waals surface area contributed by atoms with Crippen molar-refractivity contribution in [2.24, 2.45) is 11.8 Å². The van der Waals surface area contributed by atoms with Gasteiger partial charge in [0.25, 0.3) is 0 Å². The lowest BCUT2D eigenvalue weighted by Gasteiger charge is -2.29. The molecule has 3 rings (SSSR count). The summed E-state index contributed by atoms with van der Waals surface area (Å²) < 4.78 is 0. The van der Waals surface area contributed by atoms with Crippen molar-refractivity contribution < 1.29 is 9.59 Å². The quantitative estimate of drug-likeness (QED) is 0.602. The standard InChI is InChI=1S/C18H24N8O2/c27-17(25-15-19-6-2-7-20-15)23-11-13-4-1-5-14(10-13)12-24-18(28)26-16-21-8-3-9-22-16/h2-3,6-9,13-14H,1,4-5,10-12H2,(H2,19,20,23,25,27)(H2,21,22,24,26,28). The van der Waals surface area contributed by atoms with Gasteiger partial charge in [0.2, 0.25) is 11.9 Å². The van der Waals surface area contributed by atoms with Crippen LogP contribution < -0.4 is 21.3 Å². The number of nitrogens with one attached hydrogen (secondary N) is 4. The van der Waals surface area contributed by atoms with E-state index in [0.29, 0.717) is 24.9 Å². The summed E-state index contributed by atoms with van der Waals surface area (Å²) >= 11 is 0. The van der Waals surface area contributed by atoms with Crippen LogP contribution in [0.1, 0.15) is 25.7 Å². The van der Waals surface area contributed by atoms with E-state index in [1.165, 1.54) is 0 Å². The van der Waals surface area contributed by atoms with Gasteiger partial charge in [0.05, 0.1) is 0 Å². The molecule has 2 heterocycles. The van der Waals surface area contributed by atoms with Crippen molar-refractivity contribution in [3.63, 3.8) is 0 Å². The molecule has 148 valence electrons. The molecule has 4 amide bonds. The monoisotopic (exact) mass is 384 g/mol. The maximum Gasteiger partial charge on any atom is 0.321 e. The average Bonchev–Trinajstić information content (AvgIpc) is 2.73. The van der Waals surface area contributed by atoms with Gasteiger partial charge < -0.3 is 10.6 Å². The molecule has 0 saturated heterocycles. The summed E-state index contributed by atoms with van der Waals surface area (Å²) in [5.74, 6) is 1.31. The number of hydrogen-bond donors (Lipinski definition) is 4. The minimum absolute atomic E-state index is 0.277. The van der Waals surface area contributed by atoms with Crippen molar-refractivity contribution in [2.75, 3.05) is 23.7 Å². The second-order valence-corrected chi connectivity index (χ2v) is 6.71. The molecular weight excluding hydrogens is 360 g/mol. The first-order valence-electron chi connectivity index (χ1n) is 9.33. The molecule has 1 fully saturated rings. The van der Waals surface area contributed by atoms with Crippen LogP contribution in [0.3, 0.4) is 0 Å². The van der Waals surface area contributed by atoms with Gasteiger partial charge in [-0.1, -0.05) is 6.42 Å². The summed E-state index contributed by atoms with van der Waals surface area (Å²) in [5.41, 5.74) is 0. The van der Waals surface area contributed by atoms with E-state index in [2.05, 4.69) is 41.2 Å². The molecule has 2 atom stereocenters. The Labute approximate surface area is 163 Å². The number of rotatable bonds is 6. The molecule has 1 aliphatic carbocycles. The Morgan fingerprint density at radius 1 is 0.786 bits per heavy atom. The third-order valence-electron chi connectivity index (χ3n) is 4.58. The summed E-state index contributed by atoms with van der Waals surface area (Å²) in [4.78, 5) is 39.7. The maximum atomic E-state index is 11.9. The number of urea groups is 2. The van der Waals surface area contributed by atoms with E-state index in [9.17, 15) is 9.59 Å². The van der Waals surface area contributed by atoms with Gasteiger partial charge >= 0.3 is 12.1 Å². The van der Waals surface area contributed by atoms with Crippen molar-refractivity contribution in [2.45, 2.75) is 25.7 Å². The number of amides is 4. The number of carbonyl (C=O) groups is 2. The molecule has 10 nitrogen and oxygen atoms in total. The highest BCUT2D eigenvalue weighted by Gasteiger charge is 2.23. The van der Waals surface area contributed by atoms with Gasteiger partial charge in [0.1, 0.15) is 0 Å². The van der Waals surface area contributed by atoms with Gasteiger partial charge in [-0.2, -0.15) is 0 Å². The van der Waals surface area contributed by atoms with Crippen LogP contribution in [-0.4, -0.2) is 45.1 Å². The summed E-state index contributed by atoms with van der Waals surface area (Å²) in [7, 11) is 0. The van der Waals surface area contributed by atoms with E-state index in [0.717, 1.165) is 25.7 Å². The predicted octanol–water partition coefficient (Wildman–Crippen LogP) is 2.02. The van der Waals surface area contributed by atoms with Crippen LogP contribution in [0, 0.1) is 11.8 Å². The van der Waals surface area contributed by atoms with Gasteiger partial charge in [0, 0.05) is 37.9 Å². The third-order valence-corrected chi connectivity index (χ3v) is 4.58. The van der Waals surface area contributed by atoms with E-state index in [1.54, 1.807) is 36.9 Å². The summed E-state index contributed by atoms with van der Waals surface area (Å²) in [5, 5.41) is 11.0. The first-order chi connectivity index (χ1) is 13.7. The van der Waals surface area contributed by atoms with E-state index < -0.39 is 0 Å². The Morgan fingerprint density at radius 2 is 1.21 bits per heavy atom. The Balaban J connectivity index is 1.35. The van der Waals surface area contributed by atoms with E-state index in [-0.39, 0.29) is 24.0 Å². The lowest BCUT2D eigenvalue weighted by molar-refractivity contribution is 0.230. The number of aromatic nitrogens is 4. The van der Waals surface area contributed by atoms with Crippen molar-refractivity contribution in [1.82, 2.24) is 30.6 Å². The second-order valence-electron chi connectivity index (χ2n) is 6.71. The van der Waals surface area contributed by atoms with E-state index in [1.807, 2.05) is 0 Å². The molecule has 1 saturated carbocycles. The normalized spacial score (nSPS) is 18.7. The van der Waals surface area contributed by atoms with Crippen LogP contribution in [0.5, 0.6) is 0 Å². The fourth-order valence-electron chi connectivity index (χ4n) is 3.27. The van der Waals surface area contributed by atoms with Crippen LogP contribution in [0.15, 0.2) is 36.9 Å². The van der Waals surface area contributed by atoms with E-state index in [4.69, 9.17) is 0 Å². The molecule has 0 radical (unpaired) electrons. The lowest BCUT2D eigenvalue weighted by Crippen LogP contribution is -2.38. The Morgan fingerprint density at radius 3 is 1.64 bits per heavy atom. The van der Waals surface area contributed by atoms with E-state index >= 15 is 0 Å². The number of nitrogens with zero attached hydrogens (tertiary/aromatic N) is 4. The Hall–Kier alpha value is -3.30. The van der Waals surface area contributed by atoms with Gasteiger partial charge in [-0.3, -0.25) is 10.6 Å². The highest BCUT2D eigenvalue weighted by atomic mass is 16.2. The molecule has 2 aromatic rings. The molecule has 2 unspecified atom stereocenters. The van der Waals surface area contributed by atoms with Gasteiger partial charge in [-0.15, -0.1) is 0 Å². The van der Waals surface area contributed by atoms with Crippen LogP contribution in [0.25, 0.3) is 0 Å². The second kappa shape index (κ2) is 10.1. The summed E-state index contributed by atoms with van der Waals surface area (Å²) in [6.45, 7) is 1.17. The molecule has 0 spiro atoms. The zero-order valence-corrected chi connectivity index (χ0v) is 15.5. The molecule has 28 heavy (non-hydrogen) atoms. The SMILES string of the molecule is O=C(NCC1CCCC(CNC(=O)Nc2ncccn2)C1)Nc1ncccn1. The predicted molar refractivity (Wildman–Crippen MR) is 104 cm³/mol. The fourth-order valence-corrected chi connectivity index (χ4v) is 3.27. The summed E-state index contributed by atoms with van der Waals surface area (Å²) in [6, 6.07) is 2.75. The largest absolute Gasteiger partial charge is 0.338 e. The molecule has 0 bridgehead atoms. The molecule has 0 aliphatic heterocycles. The molecule has 0 aromatic carbocycles. The summed E-state index contributed by atoms with van der Waals surface area (Å²) in [6.07, 6.45) is 10.4. The minimum Gasteiger partial charge on any atom is -0.338 e. The number of hydrogen-bond acceptors (Lipinski definition) is 6. The highest BCUT2D eigenvalue weighted by Crippen LogP contribution is 2.28. The van der Waals surface area contributed by atoms with Gasteiger partial charge in [0.15, 0.2) is 0 Å². The molecular formula is C18H24N8O2. The van der Waals surface area contributed by atoms with Crippen LogP contribution >= 0.6 is 0 Å². The molecule has 1 aliphatic rings. The lowest BCUT2D eigenvalue weighted by atomic mass is 9.81. The Bertz CT molecular complexity index is 695. The van der Waals surface area contributed by atoms with Gasteiger partial charge in [-0.25, -0.2) is 29.5 Å². The smallest absolute Gasteiger partial charge is 0.321 e. The first kappa shape index (κ1) is 19.5. The zero-order chi connectivity index (χ0) is 19.6. The molecule has 10 heteroatoms. The molecule has 4 N–H and O–H groups in total. The van der Waals surface area contributed by atoms with Crippen molar-refractivity contribution in [1.29, 1.82) is 0 Å². The minimum atomic E-state index is -0.311. The highest BCUT2D eigenvalue weighted by molar-refractivity contribution is 5.87. The van der Waals surface area contributed by atoms with Crippen molar-refractivity contribution in [3.8, 4) is 0 Å². The topological polar surface area (TPSA) is 134 Å². The number of anilines is 2. The van der Waals surface area contributed by atoms with Crippen LogP contribution in [-0.2, 0) is 0 Å². The molecule has 2 aromatic heterocycles. The zero-order valence-electron chi connectivity index (χ0n) is 15.5.